The van der Waals surface area contributed by atoms with Crippen LogP contribution in [-0.2, 0) is 17.7 Å². The highest BCUT2D eigenvalue weighted by Gasteiger charge is 2.16. The van der Waals surface area contributed by atoms with Crippen LogP contribution in [0.1, 0.15) is 28.4 Å². The zero-order chi connectivity index (χ0) is 19.9. The molecule has 3 rings (SSSR count). The second kappa shape index (κ2) is 9.27. The molecule has 6 nitrogen and oxygen atoms in total. The number of anilines is 1. The molecule has 6 heteroatoms. The Morgan fingerprint density at radius 2 is 1.86 bits per heavy atom. The molecule has 1 amide bonds. The molecule has 0 aliphatic carbocycles. The quantitative estimate of drug-likeness (QED) is 0.695. The SMILES string of the molecule is CC#CCc1cc(C(=O)Nc2ccc(CN3CCOCC3)cc2)c(O)cc1O. The molecule has 2 aromatic carbocycles. The number of aromatic hydroxyl groups is 2. The summed E-state index contributed by atoms with van der Waals surface area (Å²) >= 11 is 0. The van der Waals surface area contributed by atoms with Gasteiger partial charge >= 0.3 is 0 Å². The summed E-state index contributed by atoms with van der Waals surface area (Å²) in [6.45, 7) is 5.91. The maximum absolute atomic E-state index is 12.6. The minimum atomic E-state index is -0.441. The van der Waals surface area contributed by atoms with Crippen LogP contribution in [0.5, 0.6) is 11.5 Å². The van der Waals surface area contributed by atoms with E-state index in [-0.39, 0.29) is 17.1 Å². The summed E-state index contributed by atoms with van der Waals surface area (Å²) in [7, 11) is 0. The third-order valence-electron chi connectivity index (χ3n) is 4.62. The van der Waals surface area contributed by atoms with Crippen LogP contribution in [0.3, 0.4) is 0 Å². The van der Waals surface area contributed by atoms with Crippen LogP contribution in [0.4, 0.5) is 5.69 Å². The largest absolute Gasteiger partial charge is 0.507 e. The number of benzene rings is 2. The standard InChI is InChI=1S/C22H24N2O4/c1-2-3-4-17-13-19(21(26)14-20(17)25)22(27)23-18-7-5-16(6-8-18)15-24-9-11-28-12-10-24/h5-8,13-14,25-26H,4,9-12,15H2,1H3,(H,23,27). The molecule has 1 heterocycles. The van der Waals surface area contributed by atoms with E-state index in [4.69, 9.17) is 4.74 Å². The molecule has 1 aliphatic heterocycles. The summed E-state index contributed by atoms with van der Waals surface area (Å²) in [6.07, 6.45) is 0.305. The number of amides is 1. The maximum atomic E-state index is 12.6. The number of morpholine rings is 1. The van der Waals surface area contributed by atoms with Crippen LogP contribution < -0.4 is 5.32 Å². The Labute approximate surface area is 164 Å². The first-order valence-electron chi connectivity index (χ1n) is 9.21. The van der Waals surface area contributed by atoms with E-state index in [0.717, 1.165) is 38.4 Å². The molecule has 1 fully saturated rings. The van der Waals surface area contributed by atoms with E-state index in [9.17, 15) is 15.0 Å². The lowest BCUT2D eigenvalue weighted by molar-refractivity contribution is 0.0342. The van der Waals surface area contributed by atoms with Gasteiger partial charge in [0.2, 0.25) is 0 Å². The molecule has 2 aromatic rings. The van der Waals surface area contributed by atoms with Crippen molar-refractivity contribution < 1.29 is 19.7 Å². The van der Waals surface area contributed by atoms with E-state index in [2.05, 4.69) is 22.1 Å². The predicted octanol–water partition coefficient (Wildman–Crippen LogP) is 2.75. The minimum Gasteiger partial charge on any atom is -0.507 e. The summed E-state index contributed by atoms with van der Waals surface area (Å²) < 4.78 is 5.36. The van der Waals surface area contributed by atoms with Crippen LogP contribution in [0, 0.1) is 11.8 Å². The van der Waals surface area contributed by atoms with E-state index >= 15 is 0 Å². The summed E-state index contributed by atoms with van der Waals surface area (Å²) in [5.74, 6) is 4.80. The van der Waals surface area contributed by atoms with Crippen molar-refractivity contribution in [3.05, 3.63) is 53.1 Å². The number of ether oxygens (including phenoxy) is 1. The van der Waals surface area contributed by atoms with Gasteiger partial charge in [-0.05, 0) is 30.7 Å². The van der Waals surface area contributed by atoms with Crippen molar-refractivity contribution in [1.82, 2.24) is 4.90 Å². The fraction of sp³-hybridized carbons (Fsp3) is 0.318. The maximum Gasteiger partial charge on any atom is 0.259 e. The van der Waals surface area contributed by atoms with Crippen molar-refractivity contribution in [2.45, 2.75) is 19.9 Å². The second-order valence-electron chi connectivity index (χ2n) is 6.64. The highest BCUT2D eigenvalue weighted by atomic mass is 16.5. The average Bonchev–Trinajstić information content (AvgIpc) is 2.69. The number of carbonyl (C=O) groups is 1. The van der Waals surface area contributed by atoms with E-state index in [1.54, 1.807) is 6.92 Å². The van der Waals surface area contributed by atoms with Crippen LogP contribution >= 0.6 is 0 Å². The molecule has 1 aliphatic rings. The fourth-order valence-corrected chi connectivity index (χ4v) is 3.04. The smallest absolute Gasteiger partial charge is 0.259 e. The van der Waals surface area contributed by atoms with E-state index in [1.807, 2.05) is 24.3 Å². The van der Waals surface area contributed by atoms with Gasteiger partial charge in [0.15, 0.2) is 0 Å². The van der Waals surface area contributed by atoms with E-state index < -0.39 is 5.91 Å². The Hall–Kier alpha value is -3.01. The molecule has 0 atom stereocenters. The first-order chi connectivity index (χ1) is 13.6. The zero-order valence-corrected chi connectivity index (χ0v) is 15.9. The molecule has 0 saturated carbocycles. The molecular formula is C22H24N2O4. The van der Waals surface area contributed by atoms with Gasteiger partial charge in [0, 0.05) is 43.4 Å². The second-order valence-corrected chi connectivity index (χ2v) is 6.64. The minimum absolute atomic E-state index is 0.0794. The van der Waals surface area contributed by atoms with Gasteiger partial charge < -0.3 is 20.3 Å². The Morgan fingerprint density at radius 1 is 1.14 bits per heavy atom. The summed E-state index contributed by atoms with van der Waals surface area (Å²) in [5.41, 5.74) is 2.40. The number of carbonyl (C=O) groups excluding carboxylic acids is 1. The van der Waals surface area contributed by atoms with Gasteiger partial charge in [-0.25, -0.2) is 0 Å². The Balaban J connectivity index is 1.67. The summed E-state index contributed by atoms with van der Waals surface area (Å²) in [4.78, 5) is 14.9. The predicted molar refractivity (Wildman–Crippen MR) is 107 cm³/mol. The molecule has 28 heavy (non-hydrogen) atoms. The van der Waals surface area contributed by atoms with Crippen molar-refractivity contribution in [1.29, 1.82) is 0 Å². The molecule has 0 spiro atoms. The highest BCUT2D eigenvalue weighted by molar-refractivity contribution is 6.06. The third-order valence-corrected chi connectivity index (χ3v) is 4.62. The lowest BCUT2D eigenvalue weighted by atomic mass is 10.0. The number of hydrogen-bond donors (Lipinski definition) is 3. The normalized spacial score (nSPS) is 14.2. The summed E-state index contributed by atoms with van der Waals surface area (Å²) in [5, 5.41) is 22.7. The lowest BCUT2D eigenvalue weighted by Crippen LogP contribution is -2.35. The van der Waals surface area contributed by atoms with Crippen molar-refractivity contribution in [2.24, 2.45) is 0 Å². The van der Waals surface area contributed by atoms with Gasteiger partial charge in [0.1, 0.15) is 11.5 Å². The molecule has 0 radical (unpaired) electrons. The topological polar surface area (TPSA) is 82.0 Å². The van der Waals surface area contributed by atoms with Gasteiger partial charge in [0.25, 0.3) is 5.91 Å². The van der Waals surface area contributed by atoms with Gasteiger partial charge in [-0.1, -0.05) is 18.1 Å². The number of hydrogen-bond acceptors (Lipinski definition) is 5. The molecule has 3 N–H and O–H groups in total. The molecular weight excluding hydrogens is 356 g/mol. The van der Waals surface area contributed by atoms with Crippen molar-refractivity contribution in [3.8, 4) is 23.3 Å². The van der Waals surface area contributed by atoms with E-state index in [0.29, 0.717) is 17.7 Å². The molecule has 1 saturated heterocycles. The van der Waals surface area contributed by atoms with Crippen molar-refractivity contribution in [2.75, 3.05) is 31.6 Å². The van der Waals surface area contributed by atoms with Crippen LogP contribution in [0.15, 0.2) is 36.4 Å². The van der Waals surface area contributed by atoms with Gasteiger partial charge in [-0.2, -0.15) is 0 Å². The lowest BCUT2D eigenvalue weighted by Gasteiger charge is -2.26. The monoisotopic (exact) mass is 380 g/mol. The first-order valence-corrected chi connectivity index (χ1v) is 9.21. The average molecular weight is 380 g/mol. The van der Waals surface area contributed by atoms with Gasteiger partial charge in [0.05, 0.1) is 18.8 Å². The van der Waals surface area contributed by atoms with E-state index in [1.165, 1.54) is 12.1 Å². The number of rotatable bonds is 5. The number of nitrogens with zero attached hydrogens (tertiary/aromatic N) is 1. The van der Waals surface area contributed by atoms with Gasteiger partial charge in [-0.15, -0.1) is 5.92 Å². The number of phenolic OH excluding ortho intramolecular Hbond substituents is 2. The Bertz CT molecular complexity index is 891. The van der Waals surface area contributed by atoms with Crippen molar-refractivity contribution in [3.63, 3.8) is 0 Å². The van der Waals surface area contributed by atoms with Crippen molar-refractivity contribution >= 4 is 11.6 Å². The summed E-state index contributed by atoms with van der Waals surface area (Å²) in [6, 6.07) is 10.3. The highest BCUT2D eigenvalue weighted by Crippen LogP contribution is 2.28. The fourth-order valence-electron chi connectivity index (χ4n) is 3.04. The van der Waals surface area contributed by atoms with Gasteiger partial charge in [-0.3, -0.25) is 9.69 Å². The zero-order valence-electron chi connectivity index (χ0n) is 15.9. The first kappa shape index (κ1) is 19.7. The Kier molecular flexibility index (Phi) is 6.53. The van der Waals surface area contributed by atoms with Crippen LogP contribution in [-0.4, -0.2) is 47.3 Å². The number of nitrogens with one attached hydrogen (secondary N) is 1. The molecule has 0 aromatic heterocycles. The molecule has 0 unspecified atom stereocenters. The number of phenols is 2. The Morgan fingerprint density at radius 3 is 2.54 bits per heavy atom. The molecule has 146 valence electrons. The van der Waals surface area contributed by atoms with Crippen LogP contribution in [0.2, 0.25) is 0 Å². The molecule has 0 bridgehead atoms. The van der Waals surface area contributed by atoms with Crippen LogP contribution in [0.25, 0.3) is 0 Å². The third kappa shape index (κ3) is 5.03.